The number of benzene rings is 1. The lowest BCUT2D eigenvalue weighted by molar-refractivity contribution is 0.0999. The van der Waals surface area contributed by atoms with Crippen molar-refractivity contribution in [2.24, 2.45) is 5.73 Å². The van der Waals surface area contributed by atoms with E-state index in [4.69, 9.17) is 5.73 Å². The molecule has 0 saturated carbocycles. The van der Waals surface area contributed by atoms with E-state index < -0.39 is 0 Å². The van der Waals surface area contributed by atoms with Crippen molar-refractivity contribution in [2.45, 2.75) is 52.2 Å². The first kappa shape index (κ1) is 16.7. The second-order valence-electron chi connectivity index (χ2n) is 6.79. The van der Waals surface area contributed by atoms with E-state index in [2.05, 4.69) is 33.7 Å². The first-order chi connectivity index (χ1) is 11.5. The first-order valence-corrected chi connectivity index (χ1v) is 8.67. The van der Waals surface area contributed by atoms with Crippen LogP contribution in [0.4, 0.5) is 0 Å². The number of nitrogens with two attached hydrogens (primary N) is 1. The molecule has 1 atom stereocenters. The molecule has 1 unspecified atom stereocenters. The van der Waals surface area contributed by atoms with Crippen molar-refractivity contribution in [3.05, 3.63) is 52.8 Å². The topological polar surface area (TPSA) is 64.2 Å². The summed E-state index contributed by atoms with van der Waals surface area (Å²) >= 11 is 0. The van der Waals surface area contributed by atoms with Gasteiger partial charge in [-0.2, -0.15) is 5.10 Å². The molecule has 5 nitrogen and oxygen atoms in total. The van der Waals surface area contributed by atoms with Crippen molar-refractivity contribution in [1.82, 2.24) is 14.7 Å². The highest BCUT2D eigenvalue weighted by Gasteiger charge is 2.23. The maximum absolute atomic E-state index is 11.4. The number of hydrogen-bond acceptors (Lipinski definition) is 3. The molecule has 0 radical (unpaired) electrons. The number of carbonyl (C=O) groups is 1. The third kappa shape index (κ3) is 3.85. The smallest absolute Gasteiger partial charge is 0.248 e. The summed E-state index contributed by atoms with van der Waals surface area (Å²) in [6, 6.07) is 10.3. The van der Waals surface area contributed by atoms with Gasteiger partial charge < -0.3 is 5.73 Å². The number of hydrogen-bond donors (Lipinski definition) is 1. The fourth-order valence-electron chi connectivity index (χ4n) is 3.59. The SMILES string of the molecule is Cc1cc(C)n(CC2CCCCN2Cc2cccc(C(N)=O)c2)n1. The predicted molar refractivity (Wildman–Crippen MR) is 94.7 cm³/mol. The van der Waals surface area contributed by atoms with Gasteiger partial charge in [-0.05, 0) is 57.0 Å². The van der Waals surface area contributed by atoms with E-state index in [1.165, 1.54) is 25.0 Å². The summed E-state index contributed by atoms with van der Waals surface area (Å²) in [7, 11) is 0. The summed E-state index contributed by atoms with van der Waals surface area (Å²) in [4.78, 5) is 13.9. The van der Waals surface area contributed by atoms with Gasteiger partial charge in [-0.1, -0.05) is 18.6 Å². The Kier molecular flexibility index (Phi) is 5.00. The van der Waals surface area contributed by atoms with Gasteiger partial charge >= 0.3 is 0 Å². The molecule has 1 fully saturated rings. The normalized spacial score (nSPS) is 18.7. The third-order valence-electron chi connectivity index (χ3n) is 4.83. The van der Waals surface area contributed by atoms with E-state index in [1.807, 2.05) is 19.1 Å². The average molecular weight is 326 g/mol. The van der Waals surface area contributed by atoms with Crippen LogP contribution in [0, 0.1) is 13.8 Å². The van der Waals surface area contributed by atoms with Crippen molar-refractivity contribution >= 4 is 5.91 Å². The number of rotatable bonds is 5. The lowest BCUT2D eigenvalue weighted by atomic mass is 10.0. The van der Waals surface area contributed by atoms with Crippen LogP contribution in [-0.2, 0) is 13.1 Å². The number of nitrogens with zero attached hydrogens (tertiary/aromatic N) is 3. The van der Waals surface area contributed by atoms with Crippen molar-refractivity contribution in [1.29, 1.82) is 0 Å². The fourth-order valence-corrected chi connectivity index (χ4v) is 3.59. The number of likely N-dealkylation sites (tertiary alicyclic amines) is 1. The number of aromatic nitrogens is 2. The van der Waals surface area contributed by atoms with Gasteiger partial charge in [-0.3, -0.25) is 14.4 Å². The standard InChI is InChI=1S/C19H26N4O/c1-14-10-15(2)23(21-14)13-18-8-3-4-9-22(18)12-16-6-5-7-17(11-16)19(20)24/h5-7,10-11,18H,3-4,8-9,12-13H2,1-2H3,(H2,20,24). The van der Waals surface area contributed by atoms with Gasteiger partial charge in [0.1, 0.15) is 0 Å². The number of carbonyl (C=O) groups excluding carboxylic acids is 1. The van der Waals surface area contributed by atoms with Gasteiger partial charge in [0.15, 0.2) is 0 Å². The second-order valence-corrected chi connectivity index (χ2v) is 6.79. The van der Waals surface area contributed by atoms with Gasteiger partial charge in [0.25, 0.3) is 0 Å². The summed E-state index contributed by atoms with van der Waals surface area (Å²) in [6.07, 6.45) is 3.68. The summed E-state index contributed by atoms with van der Waals surface area (Å²) < 4.78 is 2.12. The molecule has 1 aromatic carbocycles. The Morgan fingerprint density at radius 2 is 2.12 bits per heavy atom. The minimum absolute atomic E-state index is 0.366. The molecule has 5 heteroatoms. The monoisotopic (exact) mass is 326 g/mol. The van der Waals surface area contributed by atoms with E-state index in [0.29, 0.717) is 11.6 Å². The zero-order valence-corrected chi connectivity index (χ0v) is 14.5. The zero-order chi connectivity index (χ0) is 17.1. The average Bonchev–Trinajstić information content (AvgIpc) is 2.87. The molecule has 128 valence electrons. The largest absolute Gasteiger partial charge is 0.366 e. The molecule has 1 saturated heterocycles. The highest BCUT2D eigenvalue weighted by Crippen LogP contribution is 2.22. The molecule has 24 heavy (non-hydrogen) atoms. The van der Waals surface area contributed by atoms with E-state index in [-0.39, 0.29) is 5.91 Å². The van der Waals surface area contributed by atoms with Gasteiger partial charge in [-0.15, -0.1) is 0 Å². The van der Waals surface area contributed by atoms with Crippen LogP contribution in [0.5, 0.6) is 0 Å². The van der Waals surface area contributed by atoms with Crippen LogP contribution in [-0.4, -0.2) is 33.2 Å². The molecule has 2 N–H and O–H groups in total. The fraction of sp³-hybridized carbons (Fsp3) is 0.474. The lowest BCUT2D eigenvalue weighted by Gasteiger charge is -2.36. The summed E-state index contributed by atoms with van der Waals surface area (Å²) in [5, 5.41) is 4.61. The first-order valence-electron chi connectivity index (χ1n) is 8.67. The predicted octanol–water partition coefficient (Wildman–Crippen LogP) is 2.65. The molecule has 2 heterocycles. The quantitative estimate of drug-likeness (QED) is 0.919. The highest BCUT2D eigenvalue weighted by molar-refractivity contribution is 5.92. The van der Waals surface area contributed by atoms with Gasteiger partial charge in [0.2, 0.25) is 5.91 Å². The Morgan fingerprint density at radius 1 is 1.29 bits per heavy atom. The minimum atomic E-state index is -0.366. The van der Waals surface area contributed by atoms with Crippen LogP contribution in [0.3, 0.4) is 0 Å². The van der Waals surface area contributed by atoms with Crippen LogP contribution < -0.4 is 5.73 Å². The van der Waals surface area contributed by atoms with Crippen LogP contribution in [0.15, 0.2) is 30.3 Å². The van der Waals surface area contributed by atoms with Gasteiger partial charge in [0.05, 0.1) is 12.2 Å². The molecular formula is C19H26N4O. The molecule has 1 amide bonds. The van der Waals surface area contributed by atoms with Crippen molar-refractivity contribution < 1.29 is 4.79 Å². The lowest BCUT2D eigenvalue weighted by Crippen LogP contribution is -2.41. The molecule has 0 bridgehead atoms. The molecule has 0 aliphatic carbocycles. The maximum atomic E-state index is 11.4. The van der Waals surface area contributed by atoms with E-state index in [9.17, 15) is 4.79 Å². The van der Waals surface area contributed by atoms with E-state index in [0.717, 1.165) is 30.9 Å². The second kappa shape index (κ2) is 7.18. The van der Waals surface area contributed by atoms with Crippen LogP contribution in [0.1, 0.15) is 46.6 Å². The minimum Gasteiger partial charge on any atom is -0.366 e. The van der Waals surface area contributed by atoms with E-state index in [1.54, 1.807) is 6.07 Å². The maximum Gasteiger partial charge on any atom is 0.248 e. The summed E-state index contributed by atoms with van der Waals surface area (Å²) in [5.74, 6) is -0.366. The Hall–Kier alpha value is -2.14. The molecule has 0 spiro atoms. The van der Waals surface area contributed by atoms with E-state index >= 15 is 0 Å². The molecule has 1 aliphatic heterocycles. The highest BCUT2D eigenvalue weighted by atomic mass is 16.1. The Morgan fingerprint density at radius 3 is 2.83 bits per heavy atom. The summed E-state index contributed by atoms with van der Waals surface area (Å²) in [5.41, 5.74) is 9.42. The van der Waals surface area contributed by atoms with Crippen molar-refractivity contribution in [3.8, 4) is 0 Å². The van der Waals surface area contributed by atoms with Crippen LogP contribution in [0.2, 0.25) is 0 Å². The van der Waals surface area contributed by atoms with Crippen LogP contribution >= 0.6 is 0 Å². The number of amides is 1. The molecular weight excluding hydrogens is 300 g/mol. The molecule has 2 aromatic rings. The number of primary amides is 1. The van der Waals surface area contributed by atoms with Gasteiger partial charge in [-0.25, -0.2) is 0 Å². The third-order valence-corrected chi connectivity index (χ3v) is 4.83. The van der Waals surface area contributed by atoms with Crippen molar-refractivity contribution in [2.75, 3.05) is 6.54 Å². The van der Waals surface area contributed by atoms with Crippen molar-refractivity contribution in [3.63, 3.8) is 0 Å². The Bertz CT molecular complexity index is 722. The molecule has 1 aromatic heterocycles. The Labute approximate surface area is 143 Å². The van der Waals surface area contributed by atoms with Crippen LogP contribution in [0.25, 0.3) is 0 Å². The number of aryl methyl sites for hydroxylation is 2. The Balaban J connectivity index is 1.73. The summed E-state index contributed by atoms with van der Waals surface area (Å²) in [6.45, 7) is 7.02. The zero-order valence-electron chi connectivity index (χ0n) is 14.5. The van der Waals surface area contributed by atoms with Gasteiger partial charge in [0, 0.05) is 23.8 Å². The number of piperidine rings is 1. The molecule has 3 rings (SSSR count). The molecule has 1 aliphatic rings.